The third-order valence-electron chi connectivity index (χ3n) is 3.13. The highest BCUT2D eigenvalue weighted by molar-refractivity contribution is 5.81. The normalized spacial score (nSPS) is 13.3. The summed E-state index contributed by atoms with van der Waals surface area (Å²) in [6.45, 7) is 8.00. The molecule has 3 heteroatoms. The lowest BCUT2D eigenvalue weighted by atomic mass is 10.0. The van der Waals surface area contributed by atoms with Crippen molar-refractivity contribution in [2.75, 3.05) is 0 Å². The molecular weight excluding hydrogens is 238 g/mol. The topological polar surface area (TPSA) is 49.3 Å². The van der Waals surface area contributed by atoms with Crippen molar-refractivity contribution in [2.45, 2.75) is 97.1 Å². The lowest BCUT2D eigenvalue weighted by molar-refractivity contribution is -0.131. The molecule has 0 aromatic carbocycles. The Kier molecular flexibility index (Phi) is 9.94. The van der Waals surface area contributed by atoms with Gasteiger partial charge in [0.05, 0.1) is 0 Å². The standard InChI is InChI=1S/C16H33NO2/c1-5-6-7-8-9-10-11-12-13-14(18)15(19)17-16(2,3)4/h14,18H,5-13H2,1-4H3,(H,17,19). The van der Waals surface area contributed by atoms with Gasteiger partial charge in [-0.25, -0.2) is 0 Å². The van der Waals surface area contributed by atoms with Crippen LogP contribution in [0.5, 0.6) is 0 Å². The van der Waals surface area contributed by atoms with E-state index in [0.29, 0.717) is 6.42 Å². The molecule has 0 spiro atoms. The minimum absolute atomic E-state index is 0.240. The van der Waals surface area contributed by atoms with Gasteiger partial charge >= 0.3 is 0 Å². The minimum Gasteiger partial charge on any atom is -0.383 e. The Morgan fingerprint density at radius 2 is 1.47 bits per heavy atom. The summed E-state index contributed by atoms with van der Waals surface area (Å²) in [5, 5.41) is 12.5. The molecule has 0 saturated carbocycles. The molecule has 0 saturated heterocycles. The van der Waals surface area contributed by atoms with Gasteiger partial charge in [-0.3, -0.25) is 4.79 Å². The molecule has 2 N–H and O–H groups in total. The van der Waals surface area contributed by atoms with E-state index in [9.17, 15) is 9.90 Å². The number of hydrogen-bond acceptors (Lipinski definition) is 2. The Labute approximate surface area is 119 Å². The van der Waals surface area contributed by atoms with E-state index >= 15 is 0 Å². The van der Waals surface area contributed by atoms with Gasteiger partial charge in [-0.1, -0.05) is 58.3 Å². The molecule has 0 fully saturated rings. The first-order valence-corrected chi connectivity index (χ1v) is 7.87. The predicted octanol–water partition coefficient (Wildman–Crippen LogP) is 3.79. The maximum Gasteiger partial charge on any atom is 0.249 e. The zero-order chi connectivity index (χ0) is 14.7. The fourth-order valence-corrected chi connectivity index (χ4v) is 2.06. The summed E-state index contributed by atoms with van der Waals surface area (Å²) in [5.41, 5.74) is -0.267. The SMILES string of the molecule is CCCCCCCCCCC(O)C(=O)NC(C)(C)C. The van der Waals surface area contributed by atoms with Crippen molar-refractivity contribution < 1.29 is 9.90 Å². The molecule has 1 unspecified atom stereocenters. The van der Waals surface area contributed by atoms with Crippen LogP contribution < -0.4 is 5.32 Å². The Hall–Kier alpha value is -0.570. The number of aliphatic hydroxyl groups excluding tert-OH is 1. The summed E-state index contributed by atoms with van der Waals surface area (Å²) in [7, 11) is 0. The van der Waals surface area contributed by atoms with Crippen molar-refractivity contribution in [1.29, 1.82) is 0 Å². The van der Waals surface area contributed by atoms with Crippen LogP contribution in [0.25, 0.3) is 0 Å². The molecule has 3 nitrogen and oxygen atoms in total. The lowest BCUT2D eigenvalue weighted by Gasteiger charge is -2.22. The van der Waals surface area contributed by atoms with Crippen molar-refractivity contribution in [3.8, 4) is 0 Å². The van der Waals surface area contributed by atoms with Crippen molar-refractivity contribution >= 4 is 5.91 Å². The van der Waals surface area contributed by atoms with E-state index in [4.69, 9.17) is 0 Å². The van der Waals surface area contributed by atoms with Crippen molar-refractivity contribution in [3.05, 3.63) is 0 Å². The quantitative estimate of drug-likeness (QED) is 0.594. The largest absolute Gasteiger partial charge is 0.383 e. The fourth-order valence-electron chi connectivity index (χ4n) is 2.06. The van der Waals surface area contributed by atoms with Gasteiger partial charge in [0.15, 0.2) is 0 Å². The summed E-state index contributed by atoms with van der Waals surface area (Å²) >= 11 is 0. The van der Waals surface area contributed by atoms with Crippen LogP contribution in [0.2, 0.25) is 0 Å². The van der Waals surface area contributed by atoms with E-state index in [1.807, 2.05) is 20.8 Å². The molecule has 0 aliphatic rings. The van der Waals surface area contributed by atoms with Crippen LogP contribution in [0.1, 0.15) is 85.5 Å². The molecule has 1 atom stereocenters. The number of carbonyl (C=O) groups is 1. The molecule has 114 valence electrons. The van der Waals surface area contributed by atoms with E-state index in [0.717, 1.165) is 12.8 Å². The van der Waals surface area contributed by atoms with Crippen LogP contribution in [0.15, 0.2) is 0 Å². The number of nitrogens with one attached hydrogen (secondary N) is 1. The first-order chi connectivity index (χ1) is 8.87. The van der Waals surface area contributed by atoms with Crippen molar-refractivity contribution in [1.82, 2.24) is 5.32 Å². The summed E-state index contributed by atoms with van der Waals surface area (Å²) < 4.78 is 0. The van der Waals surface area contributed by atoms with Gasteiger partial charge in [0.25, 0.3) is 0 Å². The molecule has 1 amide bonds. The van der Waals surface area contributed by atoms with Crippen LogP contribution in [0.3, 0.4) is 0 Å². The Balaban J connectivity index is 3.48. The van der Waals surface area contributed by atoms with E-state index < -0.39 is 6.10 Å². The summed E-state index contributed by atoms with van der Waals surface area (Å²) in [6, 6.07) is 0. The second kappa shape index (κ2) is 10.2. The van der Waals surface area contributed by atoms with E-state index in [1.165, 1.54) is 38.5 Å². The fraction of sp³-hybridized carbons (Fsp3) is 0.938. The van der Waals surface area contributed by atoms with Crippen LogP contribution in [-0.2, 0) is 4.79 Å². The van der Waals surface area contributed by atoms with Gasteiger partial charge in [0.1, 0.15) is 6.10 Å². The second-order valence-electron chi connectivity index (χ2n) is 6.52. The molecule has 0 aromatic heterocycles. The zero-order valence-corrected chi connectivity index (χ0v) is 13.3. The minimum atomic E-state index is -0.848. The van der Waals surface area contributed by atoms with Gasteiger partial charge in [-0.2, -0.15) is 0 Å². The van der Waals surface area contributed by atoms with Gasteiger partial charge < -0.3 is 10.4 Å². The molecule has 0 aliphatic heterocycles. The van der Waals surface area contributed by atoms with E-state index in [2.05, 4.69) is 12.2 Å². The average molecular weight is 271 g/mol. The Bertz CT molecular complexity index is 233. The van der Waals surface area contributed by atoms with Gasteiger partial charge in [0.2, 0.25) is 5.91 Å². The van der Waals surface area contributed by atoms with Crippen LogP contribution >= 0.6 is 0 Å². The monoisotopic (exact) mass is 271 g/mol. The predicted molar refractivity (Wildman–Crippen MR) is 81.1 cm³/mol. The molecule has 0 radical (unpaired) electrons. The maximum absolute atomic E-state index is 11.6. The van der Waals surface area contributed by atoms with Crippen LogP contribution in [-0.4, -0.2) is 22.7 Å². The van der Waals surface area contributed by atoms with Crippen LogP contribution in [0, 0.1) is 0 Å². The highest BCUT2D eigenvalue weighted by atomic mass is 16.3. The molecule has 0 aliphatic carbocycles. The Morgan fingerprint density at radius 3 is 1.95 bits per heavy atom. The Morgan fingerprint density at radius 1 is 1.00 bits per heavy atom. The molecule has 19 heavy (non-hydrogen) atoms. The van der Waals surface area contributed by atoms with Crippen LogP contribution in [0.4, 0.5) is 0 Å². The summed E-state index contributed by atoms with van der Waals surface area (Å²) in [4.78, 5) is 11.6. The number of aliphatic hydroxyl groups is 1. The first kappa shape index (κ1) is 18.4. The number of carbonyl (C=O) groups excluding carboxylic acids is 1. The molecule has 0 aromatic rings. The third kappa shape index (κ3) is 12.2. The van der Waals surface area contributed by atoms with Gasteiger partial charge in [-0.05, 0) is 27.2 Å². The van der Waals surface area contributed by atoms with Gasteiger partial charge in [0, 0.05) is 5.54 Å². The highest BCUT2D eigenvalue weighted by Gasteiger charge is 2.19. The van der Waals surface area contributed by atoms with Gasteiger partial charge in [-0.15, -0.1) is 0 Å². The number of hydrogen-bond donors (Lipinski definition) is 2. The summed E-state index contributed by atoms with van der Waals surface area (Å²) in [6.07, 6.45) is 9.57. The van der Waals surface area contributed by atoms with E-state index in [1.54, 1.807) is 0 Å². The maximum atomic E-state index is 11.6. The number of rotatable bonds is 10. The number of amides is 1. The molecule has 0 rings (SSSR count). The van der Waals surface area contributed by atoms with Crippen molar-refractivity contribution in [3.63, 3.8) is 0 Å². The van der Waals surface area contributed by atoms with Crippen molar-refractivity contribution in [2.24, 2.45) is 0 Å². The molecule has 0 heterocycles. The summed E-state index contributed by atoms with van der Waals surface area (Å²) in [5.74, 6) is -0.240. The number of unbranched alkanes of at least 4 members (excludes halogenated alkanes) is 7. The third-order valence-corrected chi connectivity index (χ3v) is 3.13. The zero-order valence-electron chi connectivity index (χ0n) is 13.3. The second-order valence-corrected chi connectivity index (χ2v) is 6.52. The highest BCUT2D eigenvalue weighted by Crippen LogP contribution is 2.11. The smallest absolute Gasteiger partial charge is 0.249 e. The molecule has 0 bridgehead atoms. The van der Waals surface area contributed by atoms with E-state index in [-0.39, 0.29) is 11.4 Å². The lowest BCUT2D eigenvalue weighted by Crippen LogP contribution is -2.45. The average Bonchev–Trinajstić information content (AvgIpc) is 2.30. The molecular formula is C16H33NO2. The first-order valence-electron chi connectivity index (χ1n) is 7.87.